The standard InChI is InChI=1S/C13H23N3O/c1-2-15-9-8-14-13(15)16(10-11-17)12-6-4-3-5-7-12/h8-9,12,17H,2-7,10-11H2,1H3. The minimum atomic E-state index is 0.201. The van der Waals surface area contributed by atoms with Crippen molar-refractivity contribution in [3.8, 4) is 0 Å². The van der Waals surface area contributed by atoms with Crippen LogP contribution in [0.25, 0.3) is 0 Å². The highest BCUT2D eigenvalue weighted by atomic mass is 16.3. The highest BCUT2D eigenvalue weighted by Crippen LogP contribution is 2.26. The maximum absolute atomic E-state index is 9.25. The van der Waals surface area contributed by atoms with Gasteiger partial charge in [0.05, 0.1) is 6.61 Å². The van der Waals surface area contributed by atoms with Crippen LogP contribution in [0.5, 0.6) is 0 Å². The molecule has 0 unspecified atom stereocenters. The molecule has 1 aromatic heterocycles. The predicted molar refractivity (Wildman–Crippen MR) is 69.2 cm³/mol. The Morgan fingerprint density at radius 1 is 1.41 bits per heavy atom. The van der Waals surface area contributed by atoms with Gasteiger partial charge in [0.1, 0.15) is 0 Å². The van der Waals surface area contributed by atoms with Gasteiger partial charge in [-0.3, -0.25) is 0 Å². The Morgan fingerprint density at radius 3 is 2.82 bits per heavy atom. The van der Waals surface area contributed by atoms with Crippen molar-refractivity contribution >= 4 is 5.95 Å². The summed E-state index contributed by atoms with van der Waals surface area (Å²) in [5, 5.41) is 9.25. The van der Waals surface area contributed by atoms with Gasteiger partial charge >= 0.3 is 0 Å². The van der Waals surface area contributed by atoms with Crippen molar-refractivity contribution in [2.75, 3.05) is 18.1 Å². The molecule has 0 spiro atoms. The number of anilines is 1. The first-order chi connectivity index (χ1) is 8.36. The molecule has 1 heterocycles. The Bertz CT molecular complexity index is 331. The second-order valence-electron chi connectivity index (χ2n) is 4.72. The Hall–Kier alpha value is -1.03. The lowest BCUT2D eigenvalue weighted by atomic mass is 9.94. The first-order valence-corrected chi connectivity index (χ1v) is 6.75. The van der Waals surface area contributed by atoms with Gasteiger partial charge in [0, 0.05) is 31.5 Å². The van der Waals surface area contributed by atoms with E-state index in [0.29, 0.717) is 12.6 Å². The SMILES string of the molecule is CCn1ccnc1N(CCO)C1CCCCC1. The molecule has 1 fully saturated rings. The summed E-state index contributed by atoms with van der Waals surface area (Å²) >= 11 is 0. The zero-order valence-electron chi connectivity index (χ0n) is 10.7. The summed E-state index contributed by atoms with van der Waals surface area (Å²) in [6, 6.07) is 0.559. The molecule has 0 aliphatic heterocycles. The average molecular weight is 237 g/mol. The summed E-state index contributed by atoms with van der Waals surface area (Å²) in [5.41, 5.74) is 0. The van der Waals surface area contributed by atoms with Crippen LogP contribution in [0.4, 0.5) is 5.95 Å². The van der Waals surface area contributed by atoms with Crippen LogP contribution in [-0.2, 0) is 6.54 Å². The Labute approximate surface area is 103 Å². The van der Waals surface area contributed by atoms with E-state index in [9.17, 15) is 5.11 Å². The second-order valence-corrected chi connectivity index (χ2v) is 4.72. The van der Waals surface area contributed by atoms with Crippen LogP contribution in [-0.4, -0.2) is 33.9 Å². The predicted octanol–water partition coefficient (Wildman–Crippen LogP) is 2.03. The topological polar surface area (TPSA) is 41.3 Å². The van der Waals surface area contributed by atoms with E-state index < -0.39 is 0 Å². The molecule has 0 saturated heterocycles. The molecule has 17 heavy (non-hydrogen) atoms. The minimum Gasteiger partial charge on any atom is -0.395 e. The zero-order chi connectivity index (χ0) is 12.1. The van der Waals surface area contributed by atoms with Gasteiger partial charge < -0.3 is 14.6 Å². The Kier molecular flexibility index (Phi) is 4.42. The molecule has 0 aromatic carbocycles. The van der Waals surface area contributed by atoms with Crippen LogP contribution < -0.4 is 4.90 Å². The maximum atomic E-state index is 9.25. The number of aryl methyl sites for hydroxylation is 1. The molecule has 4 heteroatoms. The van der Waals surface area contributed by atoms with Gasteiger partial charge in [-0.25, -0.2) is 4.98 Å². The van der Waals surface area contributed by atoms with Crippen LogP contribution >= 0.6 is 0 Å². The third-order valence-corrected chi connectivity index (χ3v) is 3.65. The maximum Gasteiger partial charge on any atom is 0.205 e. The normalized spacial score (nSPS) is 17.3. The summed E-state index contributed by atoms with van der Waals surface area (Å²) in [5.74, 6) is 1.02. The summed E-state index contributed by atoms with van der Waals surface area (Å²) < 4.78 is 2.16. The molecule has 2 rings (SSSR count). The van der Waals surface area contributed by atoms with E-state index in [1.807, 2.05) is 12.4 Å². The second kappa shape index (κ2) is 6.05. The van der Waals surface area contributed by atoms with Gasteiger partial charge in [0.25, 0.3) is 0 Å². The lowest BCUT2D eigenvalue weighted by Crippen LogP contribution is -2.40. The Balaban J connectivity index is 2.15. The van der Waals surface area contributed by atoms with E-state index >= 15 is 0 Å². The summed E-state index contributed by atoms with van der Waals surface area (Å²) in [4.78, 5) is 6.75. The van der Waals surface area contributed by atoms with E-state index in [2.05, 4.69) is 21.4 Å². The van der Waals surface area contributed by atoms with Gasteiger partial charge in [-0.15, -0.1) is 0 Å². The molecule has 4 nitrogen and oxygen atoms in total. The third-order valence-electron chi connectivity index (χ3n) is 3.65. The monoisotopic (exact) mass is 237 g/mol. The summed E-state index contributed by atoms with van der Waals surface area (Å²) in [6.45, 7) is 3.96. The van der Waals surface area contributed by atoms with E-state index in [-0.39, 0.29) is 6.61 Å². The van der Waals surface area contributed by atoms with Crippen LogP contribution in [0.2, 0.25) is 0 Å². The average Bonchev–Trinajstić information content (AvgIpc) is 2.85. The number of imidazole rings is 1. The lowest BCUT2D eigenvalue weighted by molar-refractivity contribution is 0.288. The largest absolute Gasteiger partial charge is 0.395 e. The smallest absolute Gasteiger partial charge is 0.205 e. The van der Waals surface area contributed by atoms with E-state index in [0.717, 1.165) is 12.5 Å². The molecular weight excluding hydrogens is 214 g/mol. The van der Waals surface area contributed by atoms with Crippen molar-refractivity contribution in [1.29, 1.82) is 0 Å². The van der Waals surface area contributed by atoms with Gasteiger partial charge in [-0.05, 0) is 19.8 Å². The first kappa shape index (κ1) is 12.4. The molecule has 1 N–H and O–H groups in total. The molecular formula is C13H23N3O. The number of rotatable bonds is 5. The molecule has 0 atom stereocenters. The molecule has 96 valence electrons. The molecule has 1 saturated carbocycles. The van der Waals surface area contributed by atoms with E-state index in [1.165, 1.54) is 32.1 Å². The fraction of sp³-hybridized carbons (Fsp3) is 0.769. The van der Waals surface area contributed by atoms with Crippen LogP contribution in [0.15, 0.2) is 12.4 Å². The molecule has 1 aromatic rings. The van der Waals surface area contributed by atoms with Gasteiger partial charge in [-0.2, -0.15) is 0 Å². The molecule has 0 bridgehead atoms. The molecule has 0 radical (unpaired) electrons. The van der Waals surface area contributed by atoms with Crippen molar-refractivity contribution in [1.82, 2.24) is 9.55 Å². The summed E-state index contributed by atoms with van der Waals surface area (Å²) in [7, 11) is 0. The number of aromatic nitrogens is 2. The van der Waals surface area contributed by atoms with Crippen LogP contribution in [0.3, 0.4) is 0 Å². The minimum absolute atomic E-state index is 0.201. The molecule has 1 aliphatic rings. The van der Waals surface area contributed by atoms with Gasteiger partial charge in [-0.1, -0.05) is 19.3 Å². The van der Waals surface area contributed by atoms with E-state index in [1.54, 1.807) is 0 Å². The molecule has 0 amide bonds. The van der Waals surface area contributed by atoms with E-state index in [4.69, 9.17) is 0 Å². The van der Waals surface area contributed by atoms with Gasteiger partial charge in [0.2, 0.25) is 5.95 Å². The van der Waals surface area contributed by atoms with Crippen molar-refractivity contribution < 1.29 is 5.11 Å². The quantitative estimate of drug-likeness (QED) is 0.852. The number of hydrogen-bond acceptors (Lipinski definition) is 3. The number of nitrogens with zero attached hydrogens (tertiary/aromatic N) is 3. The number of aliphatic hydroxyl groups excluding tert-OH is 1. The third kappa shape index (κ3) is 2.80. The van der Waals surface area contributed by atoms with Crippen molar-refractivity contribution in [3.63, 3.8) is 0 Å². The van der Waals surface area contributed by atoms with Gasteiger partial charge in [0.15, 0.2) is 0 Å². The summed E-state index contributed by atoms with van der Waals surface area (Å²) in [6.07, 6.45) is 10.3. The Morgan fingerprint density at radius 2 is 2.18 bits per heavy atom. The highest BCUT2D eigenvalue weighted by molar-refractivity contribution is 5.33. The van der Waals surface area contributed by atoms with Crippen molar-refractivity contribution in [2.24, 2.45) is 0 Å². The van der Waals surface area contributed by atoms with Crippen LogP contribution in [0.1, 0.15) is 39.0 Å². The lowest BCUT2D eigenvalue weighted by Gasteiger charge is -2.35. The molecule has 1 aliphatic carbocycles. The fourth-order valence-corrected chi connectivity index (χ4v) is 2.75. The fourth-order valence-electron chi connectivity index (χ4n) is 2.75. The first-order valence-electron chi connectivity index (χ1n) is 6.75. The van der Waals surface area contributed by atoms with Crippen LogP contribution in [0, 0.1) is 0 Å². The number of hydrogen-bond donors (Lipinski definition) is 1. The highest BCUT2D eigenvalue weighted by Gasteiger charge is 2.23. The van der Waals surface area contributed by atoms with Crippen molar-refractivity contribution in [3.05, 3.63) is 12.4 Å². The number of aliphatic hydroxyl groups is 1. The van der Waals surface area contributed by atoms with Crippen molar-refractivity contribution in [2.45, 2.75) is 51.6 Å². The zero-order valence-corrected chi connectivity index (χ0v) is 10.7.